The summed E-state index contributed by atoms with van der Waals surface area (Å²) in [5.74, 6) is 1.95. The van der Waals surface area contributed by atoms with Gasteiger partial charge in [-0.05, 0) is 44.1 Å². The van der Waals surface area contributed by atoms with Crippen LogP contribution in [0.1, 0.15) is 32.6 Å². The first kappa shape index (κ1) is 9.47. The molecule has 0 spiro atoms. The van der Waals surface area contributed by atoms with Crippen LogP contribution >= 0.6 is 0 Å². The maximum Gasteiger partial charge on any atom is 0.00793 e. The molecule has 2 rings (SSSR count). The fraction of sp³-hybridized carbons (Fsp3) is 1.00. The molecule has 2 saturated carbocycles. The van der Waals surface area contributed by atoms with E-state index in [4.69, 9.17) is 0 Å². The Kier molecular flexibility index (Phi) is 3.23. The minimum Gasteiger partial charge on any atom is -0.315 e. The summed E-state index contributed by atoms with van der Waals surface area (Å²) in [5.41, 5.74) is 0. The number of nitrogens with one attached hydrogen (secondary N) is 2. The molecule has 0 aromatic rings. The third-order valence-corrected chi connectivity index (χ3v) is 3.21. The molecule has 0 aliphatic heterocycles. The van der Waals surface area contributed by atoms with Gasteiger partial charge in [0.25, 0.3) is 0 Å². The lowest BCUT2D eigenvalue weighted by Crippen LogP contribution is -2.31. The standard InChI is InChI=1S/C11H22N2/c1-9(10-2-3-10)8-12-6-7-13-11-4-5-11/h9-13H,2-8H2,1H3. The Morgan fingerprint density at radius 1 is 1.15 bits per heavy atom. The first-order chi connectivity index (χ1) is 6.36. The van der Waals surface area contributed by atoms with Gasteiger partial charge in [0, 0.05) is 19.1 Å². The molecule has 0 radical (unpaired) electrons. The van der Waals surface area contributed by atoms with Crippen molar-refractivity contribution in [3.63, 3.8) is 0 Å². The van der Waals surface area contributed by atoms with E-state index in [1.54, 1.807) is 0 Å². The molecular weight excluding hydrogens is 160 g/mol. The second kappa shape index (κ2) is 4.43. The third kappa shape index (κ3) is 3.65. The zero-order chi connectivity index (χ0) is 9.10. The normalized spacial score (nSPS) is 24.7. The van der Waals surface area contributed by atoms with Gasteiger partial charge in [-0.25, -0.2) is 0 Å². The smallest absolute Gasteiger partial charge is 0.00793 e. The molecular formula is C11H22N2. The highest BCUT2D eigenvalue weighted by Gasteiger charge is 2.27. The van der Waals surface area contributed by atoms with Gasteiger partial charge in [0.1, 0.15) is 0 Å². The fourth-order valence-electron chi connectivity index (χ4n) is 1.81. The van der Waals surface area contributed by atoms with E-state index in [1.165, 1.54) is 32.2 Å². The molecule has 0 heterocycles. The summed E-state index contributed by atoms with van der Waals surface area (Å²) >= 11 is 0. The van der Waals surface area contributed by atoms with Crippen LogP contribution in [0, 0.1) is 11.8 Å². The first-order valence-electron chi connectivity index (χ1n) is 5.80. The topological polar surface area (TPSA) is 24.1 Å². The molecule has 1 unspecified atom stereocenters. The van der Waals surface area contributed by atoms with Crippen molar-refractivity contribution < 1.29 is 0 Å². The largest absolute Gasteiger partial charge is 0.315 e. The molecule has 2 N–H and O–H groups in total. The van der Waals surface area contributed by atoms with E-state index in [9.17, 15) is 0 Å². The molecule has 0 aromatic heterocycles. The van der Waals surface area contributed by atoms with Crippen molar-refractivity contribution in [3.8, 4) is 0 Å². The average Bonchev–Trinajstić information content (AvgIpc) is 2.98. The third-order valence-electron chi connectivity index (χ3n) is 3.21. The molecule has 2 aliphatic carbocycles. The quantitative estimate of drug-likeness (QED) is 0.581. The maximum atomic E-state index is 3.53. The molecule has 2 aliphatic rings. The van der Waals surface area contributed by atoms with E-state index in [2.05, 4.69) is 17.6 Å². The predicted molar refractivity (Wildman–Crippen MR) is 55.8 cm³/mol. The summed E-state index contributed by atoms with van der Waals surface area (Å²) < 4.78 is 0. The van der Waals surface area contributed by atoms with Crippen molar-refractivity contribution in [3.05, 3.63) is 0 Å². The Labute approximate surface area is 81.5 Å². The van der Waals surface area contributed by atoms with Gasteiger partial charge in [0.15, 0.2) is 0 Å². The van der Waals surface area contributed by atoms with Crippen molar-refractivity contribution in [2.24, 2.45) is 11.8 Å². The van der Waals surface area contributed by atoms with Crippen LogP contribution in [0.3, 0.4) is 0 Å². The SMILES string of the molecule is CC(CNCCNC1CC1)C1CC1. The molecule has 2 nitrogen and oxygen atoms in total. The highest BCUT2D eigenvalue weighted by molar-refractivity contribution is 4.82. The van der Waals surface area contributed by atoms with Gasteiger partial charge < -0.3 is 10.6 Å². The maximum absolute atomic E-state index is 3.53. The summed E-state index contributed by atoms with van der Waals surface area (Å²) in [7, 11) is 0. The van der Waals surface area contributed by atoms with Gasteiger partial charge in [-0.3, -0.25) is 0 Å². The number of rotatable bonds is 7. The second-order valence-corrected chi connectivity index (χ2v) is 4.75. The lowest BCUT2D eigenvalue weighted by Gasteiger charge is -2.11. The van der Waals surface area contributed by atoms with Crippen molar-refractivity contribution in [2.45, 2.75) is 38.6 Å². The zero-order valence-corrected chi connectivity index (χ0v) is 8.68. The highest BCUT2D eigenvalue weighted by Crippen LogP contribution is 2.35. The van der Waals surface area contributed by atoms with Crippen molar-refractivity contribution in [1.82, 2.24) is 10.6 Å². The van der Waals surface area contributed by atoms with Crippen molar-refractivity contribution in [1.29, 1.82) is 0 Å². The second-order valence-electron chi connectivity index (χ2n) is 4.75. The lowest BCUT2D eigenvalue weighted by molar-refractivity contribution is 0.458. The van der Waals surface area contributed by atoms with Gasteiger partial charge >= 0.3 is 0 Å². The molecule has 0 amide bonds. The Morgan fingerprint density at radius 2 is 1.92 bits per heavy atom. The van der Waals surface area contributed by atoms with Crippen LogP contribution < -0.4 is 10.6 Å². The summed E-state index contributed by atoms with van der Waals surface area (Å²) in [4.78, 5) is 0. The van der Waals surface area contributed by atoms with Crippen LogP contribution in [-0.2, 0) is 0 Å². The van der Waals surface area contributed by atoms with Gasteiger partial charge in [-0.15, -0.1) is 0 Å². The van der Waals surface area contributed by atoms with Gasteiger partial charge in [0.05, 0.1) is 0 Å². The molecule has 1 atom stereocenters. The monoisotopic (exact) mass is 182 g/mol. The fourth-order valence-corrected chi connectivity index (χ4v) is 1.81. The molecule has 13 heavy (non-hydrogen) atoms. The first-order valence-corrected chi connectivity index (χ1v) is 5.80. The minimum atomic E-state index is 0.864. The van der Waals surface area contributed by atoms with Crippen molar-refractivity contribution in [2.75, 3.05) is 19.6 Å². The van der Waals surface area contributed by atoms with Crippen LogP contribution in [-0.4, -0.2) is 25.7 Å². The van der Waals surface area contributed by atoms with E-state index < -0.39 is 0 Å². The Balaban J connectivity index is 1.39. The molecule has 76 valence electrons. The average molecular weight is 182 g/mol. The van der Waals surface area contributed by atoms with Crippen LogP contribution in [0.15, 0.2) is 0 Å². The van der Waals surface area contributed by atoms with Gasteiger partial charge in [-0.2, -0.15) is 0 Å². The van der Waals surface area contributed by atoms with Crippen LogP contribution in [0.2, 0.25) is 0 Å². The van der Waals surface area contributed by atoms with E-state index in [0.29, 0.717) is 0 Å². The Morgan fingerprint density at radius 3 is 2.54 bits per heavy atom. The summed E-state index contributed by atoms with van der Waals surface area (Å²) in [5, 5.41) is 7.04. The predicted octanol–water partition coefficient (Wildman–Crippen LogP) is 1.37. The van der Waals surface area contributed by atoms with E-state index in [-0.39, 0.29) is 0 Å². The number of hydrogen-bond acceptors (Lipinski definition) is 2. The molecule has 2 heteroatoms. The summed E-state index contributed by atoms with van der Waals surface area (Å²) in [6.45, 7) is 5.89. The molecule has 2 fully saturated rings. The minimum absolute atomic E-state index is 0.864. The van der Waals surface area contributed by atoms with Gasteiger partial charge in [0.2, 0.25) is 0 Å². The Bertz CT molecular complexity index is 150. The zero-order valence-electron chi connectivity index (χ0n) is 8.68. The molecule has 0 aromatic carbocycles. The Hall–Kier alpha value is -0.0800. The van der Waals surface area contributed by atoms with Crippen LogP contribution in [0.4, 0.5) is 0 Å². The van der Waals surface area contributed by atoms with Gasteiger partial charge in [-0.1, -0.05) is 6.92 Å². The summed E-state index contributed by atoms with van der Waals surface area (Å²) in [6.07, 6.45) is 5.75. The molecule has 0 bridgehead atoms. The number of hydrogen-bond donors (Lipinski definition) is 2. The van der Waals surface area contributed by atoms with E-state index in [1.807, 2.05) is 0 Å². The van der Waals surface area contributed by atoms with Crippen LogP contribution in [0.25, 0.3) is 0 Å². The highest BCUT2D eigenvalue weighted by atomic mass is 15.0. The summed E-state index contributed by atoms with van der Waals surface area (Å²) in [6, 6.07) is 0.864. The molecule has 0 saturated heterocycles. The lowest BCUT2D eigenvalue weighted by atomic mass is 10.1. The van der Waals surface area contributed by atoms with E-state index >= 15 is 0 Å². The van der Waals surface area contributed by atoms with Crippen molar-refractivity contribution >= 4 is 0 Å². The van der Waals surface area contributed by atoms with Crippen LogP contribution in [0.5, 0.6) is 0 Å². The van der Waals surface area contributed by atoms with E-state index in [0.717, 1.165) is 31.0 Å².